The third-order valence-corrected chi connectivity index (χ3v) is 7.17. The number of nitrogens with zero attached hydrogens (tertiary/aromatic N) is 2. The fourth-order valence-electron chi connectivity index (χ4n) is 3.93. The van der Waals surface area contributed by atoms with Gasteiger partial charge in [0, 0.05) is 30.8 Å². The molecule has 1 aliphatic rings. The number of rotatable bonds is 11. The van der Waals surface area contributed by atoms with Crippen molar-refractivity contribution in [3.8, 4) is 0 Å². The van der Waals surface area contributed by atoms with Gasteiger partial charge in [0.15, 0.2) is 17.0 Å². The topological polar surface area (TPSA) is 138 Å². The lowest BCUT2D eigenvalue weighted by atomic mass is 10.0. The zero-order valence-electron chi connectivity index (χ0n) is 20.9. The van der Waals surface area contributed by atoms with E-state index in [4.69, 9.17) is 5.73 Å². The Hall–Kier alpha value is -3.32. The minimum absolute atomic E-state index is 0.0969. The van der Waals surface area contributed by atoms with E-state index in [9.17, 15) is 32.7 Å². The molecule has 1 fully saturated rings. The second-order valence-electron chi connectivity index (χ2n) is 9.30. The van der Waals surface area contributed by atoms with E-state index in [1.165, 1.54) is 22.9 Å². The van der Waals surface area contributed by atoms with Crippen molar-refractivity contribution in [1.29, 1.82) is 0 Å². The number of nitrogens with two attached hydrogens (primary N) is 1. The summed E-state index contributed by atoms with van der Waals surface area (Å²) < 4.78 is 40.5. The average molecular weight is 554 g/mol. The van der Waals surface area contributed by atoms with E-state index in [1.807, 2.05) is 0 Å². The lowest BCUT2D eigenvalue weighted by Crippen LogP contribution is -2.46. The first kappa shape index (κ1) is 29.2. The molecule has 9 nitrogen and oxygen atoms in total. The van der Waals surface area contributed by atoms with Crippen LogP contribution >= 0.6 is 11.8 Å². The number of aromatic nitrogens is 1. The van der Waals surface area contributed by atoms with E-state index in [0.29, 0.717) is 29.7 Å². The van der Waals surface area contributed by atoms with E-state index in [1.54, 1.807) is 26.0 Å². The molecule has 0 bridgehead atoms. The molecular formula is C25H30F3N5O4S. The zero-order valence-corrected chi connectivity index (χ0v) is 21.7. The third kappa shape index (κ3) is 7.60. The van der Waals surface area contributed by atoms with Gasteiger partial charge >= 0.3 is 5.97 Å². The molecule has 1 saturated heterocycles. The van der Waals surface area contributed by atoms with Crippen LogP contribution < -0.4 is 16.4 Å². The largest absolute Gasteiger partial charge is 0.480 e. The predicted molar refractivity (Wildman–Crippen MR) is 137 cm³/mol. The molecule has 5 N–H and O–H groups in total. The van der Waals surface area contributed by atoms with Crippen LogP contribution in [0.15, 0.2) is 30.5 Å². The number of carboxylic acids is 1. The molecule has 3 unspecified atom stereocenters. The zero-order chi connectivity index (χ0) is 28.0. The van der Waals surface area contributed by atoms with Gasteiger partial charge in [0.1, 0.15) is 11.9 Å². The van der Waals surface area contributed by atoms with Gasteiger partial charge in [-0.2, -0.15) is 0 Å². The van der Waals surface area contributed by atoms with E-state index in [2.05, 4.69) is 15.6 Å². The van der Waals surface area contributed by atoms with Crippen LogP contribution in [-0.2, 0) is 27.3 Å². The van der Waals surface area contributed by atoms with Gasteiger partial charge in [-0.1, -0.05) is 13.8 Å². The Kier molecular flexibility index (Phi) is 9.97. The van der Waals surface area contributed by atoms with Crippen molar-refractivity contribution in [2.75, 3.05) is 17.6 Å². The summed E-state index contributed by atoms with van der Waals surface area (Å²) in [7, 11) is 0. The lowest BCUT2D eigenvalue weighted by molar-refractivity contribution is -0.138. The van der Waals surface area contributed by atoms with Crippen LogP contribution in [0.25, 0.3) is 0 Å². The number of thioether (sulfide) groups is 1. The Balaban J connectivity index is 1.52. The standard InChI is InChI=1S/C25H30F3N5O4S/c1-13(2)22(25(36)37)32-17-4-3-16(30-12-17)11-31-23(35)24-33(5-6-38-24)21(34)9-15(29)7-14-8-19(27)20(28)10-18(14)26/h3-4,8,10,12-13,15,22,24,32H,5-7,9,11,29H2,1-2H3,(H,31,35)(H,36,37). The first-order valence-corrected chi connectivity index (χ1v) is 13.0. The number of aliphatic carboxylic acids is 1. The van der Waals surface area contributed by atoms with Crippen LogP contribution in [0, 0.1) is 23.4 Å². The van der Waals surface area contributed by atoms with Crippen LogP contribution in [0.3, 0.4) is 0 Å². The second-order valence-corrected chi connectivity index (χ2v) is 10.5. The van der Waals surface area contributed by atoms with Gasteiger partial charge in [-0.25, -0.2) is 18.0 Å². The summed E-state index contributed by atoms with van der Waals surface area (Å²) in [5, 5.41) is 14.2. The number of anilines is 1. The normalized spacial score (nSPS) is 16.8. The maximum Gasteiger partial charge on any atom is 0.326 e. The van der Waals surface area contributed by atoms with Crippen molar-refractivity contribution >= 4 is 35.2 Å². The number of hydrogen-bond acceptors (Lipinski definition) is 7. The smallest absolute Gasteiger partial charge is 0.326 e. The number of carboxylic acid groups (broad SMARTS) is 1. The highest BCUT2D eigenvalue weighted by atomic mass is 32.2. The molecule has 0 spiro atoms. The first-order valence-electron chi connectivity index (χ1n) is 12.0. The molecule has 1 aromatic heterocycles. The van der Waals surface area contributed by atoms with Crippen molar-refractivity contribution in [3.63, 3.8) is 0 Å². The number of carbonyl (C=O) groups is 3. The fraction of sp³-hybridized carbons (Fsp3) is 0.440. The third-order valence-electron chi connectivity index (χ3n) is 5.97. The van der Waals surface area contributed by atoms with Gasteiger partial charge in [-0.15, -0.1) is 11.8 Å². The molecule has 206 valence electrons. The fourth-order valence-corrected chi connectivity index (χ4v) is 5.09. The summed E-state index contributed by atoms with van der Waals surface area (Å²) in [5.74, 6) is -4.82. The maximum atomic E-state index is 13.9. The Bertz CT molecular complexity index is 1170. The summed E-state index contributed by atoms with van der Waals surface area (Å²) in [6.45, 7) is 4.00. The number of halogens is 3. The Morgan fingerprint density at radius 3 is 2.53 bits per heavy atom. The van der Waals surface area contributed by atoms with Gasteiger partial charge in [-0.05, 0) is 36.1 Å². The minimum atomic E-state index is -1.31. The number of amides is 2. The van der Waals surface area contributed by atoms with E-state index >= 15 is 0 Å². The average Bonchev–Trinajstić information content (AvgIpc) is 3.35. The molecule has 1 aromatic carbocycles. The van der Waals surface area contributed by atoms with Gasteiger partial charge in [-0.3, -0.25) is 14.6 Å². The highest BCUT2D eigenvalue weighted by Crippen LogP contribution is 2.25. The van der Waals surface area contributed by atoms with Crippen LogP contribution in [0.1, 0.15) is 31.5 Å². The number of pyridine rings is 1. The Morgan fingerprint density at radius 1 is 1.18 bits per heavy atom. The summed E-state index contributed by atoms with van der Waals surface area (Å²) in [5.41, 5.74) is 6.92. The first-order chi connectivity index (χ1) is 18.0. The number of hydrogen-bond donors (Lipinski definition) is 4. The van der Waals surface area contributed by atoms with Crippen molar-refractivity contribution in [1.82, 2.24) is 15.2 Å². The molecule has 3 rings (SSSR count). The van der Waals surface area contributed by atoms with E-state index < -0.39 is 52.7 Å². The molecule has 0 saturated carbocycles. The quantitative estimate of drug-likeness (QED) is 0.312. The van der Waals surface area contributed by atoms with Crippen LogP contribution in [0.4, 0.5) is 18.9 Å². The molecular weight excluding hydrogens is 523 g/mol. The Labute approximate surface area is 222 Å². The molecule has 1 aliphatic heterocycles. The van der Waals surface area contributed by atoms with Gasteiger partial charge < -0.3 is 26.4 Å². The molecule has 2 amide bonds. The molecule has 3 atom stereocenters. The lowest BCUT2D eigenvalue weighted by Gasteiger charge is -2.24. The van der Waals surface area contributed by atoms with E-state index in [-0.39, 0.29) is 30.9 Å². The van der Waals surface area contributed by atoms with Gasteiger partial charge in [0.05, 0.1) is 24.1 Å². The summed E-state index contributed by atoms with van der Waals surface area (Å²) in [4.78, 5) is 42.6. The molecule has 38 heavy (non-hydrogen) atoms. The van der Waals surface area contributed by atoms with Crippen molar-refractivity contribution < 1.29 is 32.7 Å². The van der Waals surface area contributed by atoms with Crippen molar-refractivity contribution in [2.24, 2.45) is 11.7 Å². The van der Waals surface area contributed by atoms with Crippen LogP contribution in [-0.4, -0.2) is 62.5 Å². The van der Waals surface area contributed by atoms with Crippen molar-refractivity contribution in [2.45, 2.75) is 50.7 Å². The minimum Gasteiger partial charge on any atom is -0.480 e. The number of benzene rings is 1. The monoisotopic (exact) mass is 553 g/mol. The SMILES string of the molecule is CC(C)C(Nc1ccc(CNC(=O)C2SCCN2C(=O)CC(N)Cc2cc(F)c(F)cc2F)nc1)C(=O)O. The molecule has 2 heterocycles. The van der Waals surface area contributed by atoms with Gasteiger partial charge in [0.2, 0.25) is 5.91 Å². The van der Waals surface area contributed by atoms with Gasteiger partial charge in [0.25, 0.3) is 5.91 Å². The highest BCUT2D eigenvalue weighted by molar-refractivity contribution is 8.00. The maximum absolute atomic E-state index is 13.9. The van der Waals surface area contributed by atoms with Crippen LogP contribution in [0.5, 0.6) is 0 Å². The highest BCUT2D eigenvalue weighted by Gasteiger charge is 2.35. The van der Waals surface area contributed by atoms with Crippen molar-refractivity contribution in [3.05, 3.63) is 59.2 Å². The van der Waals surface area contributed by atoms with Crippen LogP contribution in [0.2, 0.25) is 0 Å². The summed E-state index contributed by atoms with van der Waals surface area (Å²) in [6, 6.07) is 2.86. The molecule has 0 aliphatic carbocycles. The van der Waals surface area contributed by atoms with E-state index in [0.717, 1.165) is 6.07 Å². The number of nitrogens with one attached hydrogen (secondary N) is 2. The molecule has 2 aromatic rings. The Morgan fingerprint density at radius 2 is 1.89 bits per heavy atom. The predicted octanol–water partition coefficient (Wildman–Crippen LogP) is 2.50. The molecule has 0 radical (unpaired) electrons. The molecule has 13 heteroatoms. The summed E-state index contributed by atoms with van der Waals surface area (Å²) >= 11 is 1.29. The second kappa shape index (κ2) is 13.0. The number of carbonyl (C=O) groups excluding carboxylic acids is 2. The summed E-state index contributed by atoms with van der Waals surface area (Å²) in [6.07, 6.45) is 1.11.